The number of carbonyl (C=O) groups is 1. The Morgan fingerprint density at radius 2 is 2.11 bits per heavy atom. The van der Waals surface area contributed by atoms with E-state index in [0.717, 1.165) is 16.8 Å². The topological polar surface area (TPSA) is 62.2 Å². The first-order chi connectivity index (χ1) is 9.13. The standard InChI is InChI=1S/C15H16N2O2/c1-11-5-6-13(9-16-11)10-17-15(19)8-12-3-2-4-14(18)7-12/h2-7,9,18H,8,10H2,1H3,(H,17,19). The van der Waals surface area contributed by atoms with Crippen molar-refractivity contribution in [1.29, 1.82) is 0 Å². The summed E-state index contributed by atoms with van der Waals surface area (Å²) in [6.45, 7) is 2.38. The van der Waals surface area contributed by atoms with Crippen LogP contribution in [0.1, 0.15) is 16.8 Å². The van der Waals surface area contributed by atoms with Crippen molar-refractivity contribution in [2.75, 3.05) is 0 Å². The van der Waals surface area contributed by atoms with Crippen molar-refractivity contribution in [3.8, 4) is 5.75 Å². The number of phenols is 1. The number of benzene rings is 1. The van der Waals surface area contributed by atoms with Crippen LogP contribution in [0.15, 0.2) is 42.6 Å². The van der Waals surface area contributed by atoms with Crippen LogP contribution >= 0.6 is 0 Å². The quantitative estimate of drug-likeness (QED) is 0.879. The lowest BCUT2D eigenvalue weighted by Crippen LogP contribution is -2.24. The van der Waals surface area contributed by atoms with Gasteiger partial charge >= 0.3 is 0 Å². The van der Waals surface area contributed by atoms with Crippen LogP contribution in [0.2, 0.25) is 0 Å². The predicted molar refractivity (Wildman–Crippen MR) is 72.6 cm³/mol. The van der Waals surface area contributed by atoms with E-state index in [9.17, 15) is 9.90 Å². The number of hydrogen-bond acceptors (Lipinski definition) is 3. The van der Waals surface area contributed by atoms with E-state index in [-0.39, 0.29) is 18.1 Å². The summed E-state index contributed by atoms with van der Waals surface area (Å²) in [5.74, 6) is 0.0965. The van der Waals surface area contributed by atoms with Gasteiger partial charge in [0.1, 0.15) is 5.75 Å². The molecule has 1 amide bonds. The van der Waals surface area contributed by atoms with Crippen LogP contribution in [0.25, 0.3) is 0 Å². The van der Waals surface area contributed by atoms with Crippen LogP contribution in [0.3, 0.4) is 0 Å². The largest absolute Gasteiger partial charge is 0.508 e. The first kappa shape index (κ1) is 13.1. The highest BCUT2D eigenvalue weighted by atomic mass is 16.3. The van der Waals surface area contributed by atoms with Gasteiger partial charge in [-0.1, -0.05) is 18.2 Å². The van der Waals surface area contributed by atoms with Gasteiger partial charge in [-0.2, -0.15) is 0 Å². The van der Waals surface area contributed by atoms with Crippen molar-refractivity contribution < 1.29 is 9.90 Å². The van der Waals surface area contributed by atoms with Crippen LogP contribution in [-0.2, 0) is 17.8 Å². The number of hydrogen-bond donors (Lipinski definition) is 2. The van der Waals surface area contributed by atoms with E-state index >= 15 is 0 Å². The van der Waals surface area contributed by atoms with Crippen molar-refractivity contribution in [1.82, 2.24) is 10.3 Å². The van der Waals surface area contributed by atoms with Crippen LogP contribution < -0.4 is 5.32 Å². The highest BCUT2D eigenvalue weighted by Crippen LogP contribution is 2.11. The van der Waals surface area contributed by atoms with E-state index in [4.69, 9.17) is 0 Å². The number of carbonyl (C=O) groups excluding carboxylic acids is 1. The maximum Gasteiger partial charge on any atom is 0.224 e. The summed E-state index contributed by atoms with van der Waals surface area (Å²) in [5.41, 5.74) is 2.71. The summed E-state index contributed by atoms with van der Waals surface area (Å²) in [4.78, 5) is 15.9. The van der Waals surface area contributed by atoms with Gasteiger partial charge in [0, 0.05) is 18.4 Å². The molecule has 0 aliphatic heterocycles. The van der Waals surface area contributed by atoms with Gasteiger partial charge in [0.15, 0.2) is 0 Å². The summed E-state index contributed by atoms with van der Waals surface area (Å²) in [6.07, 6.45) is 2.01. The summed E-state index contributed by atoms with van der Waals surface area (Å²) in [7, 11) is 0. The molecule has 2 aromatic rings. The van der Waals surface area contributed by atoms with Gasteiger partial charge in [0.2, 0.25) is 5.91 Å². The van der Waals surface area contributed by atoms with Crippen molar-refractivity contribution in [3.05, 3.63) is 59.4 Å². The molecule has 0 bridgehead atoms. The minimum absolute atomic E-state index is 0.0776. The van der Waals surface area contributed by atoms with Gasteiger partial charge in [-0.05, 0) is 36.2 Å². The first-order valence-electron chi connectivity index (χ1n) is 6.09. The maximum absolute atomic E-state index is 11.8. The fourth-order valence-electron chi connectivity index (χ4n) is 1.72. The number of aryl methyl sites for hydroxylation is 1. The normalized spacial score (nSPS) is 10.2. The number of aromatic nitrogens is 1. The summed E-state index contributed by atoms with van der Waals surface area (Å²) in [6, 6.07) is 10.6. The molecule has 2 N–H and O–H groups in total. The minimum Gasteiger partial charge on any atom is -0.508 e. The molecule has 0 spiro atoms. The van der Waals surface area contributed by atoms with E-state index in [1.807, 2.05) is 25.1 Å². The third kappa shape index (κ3) is 4.10. The Morgan fingerprint density at radius 1 is 1.26 bits per heavy atom. The molecule has 1 aromatic heterocycles. The van der Waals surface area contributed by atoms with Crippen LogP contribution in [-0.4, -0.2) is 16.0 Å². The van der Waals surface area contributed by atoms with E-state index in [0.29, 0.717) is 6.54 Å². The molecule has 0 saturated carbocycles. The van der Waals surface area contributed by atoms with Crippen molar-refractivity contribution in [2.24, 2.45) is 0 Å². The molecule has 0 unspecified atom stereocenters. The Bertz CT molecular complexity index is 565. The Kier molecular flexibility index (Phi) is 4.13. The Balaban J connectivity index is 1.86. The van der Waals surface area contributed by atoms with E-state index in [1.165, 1.54) is 0 Å². The number of nitrogens with zero attached hydrogens (tertiary/aromatic N) is 1. The number of rotatable bonds is 4. The smallest absolute Gasteiger partial charge is 0.224 e. The summed E-state index contributed by atoms with van der Waals surface area (Å²) < 4.78 is 0. The Hall–Kier alpha value is -2.36. The molecule has 2 rings (SSSR count). The molecule has 4 nitrogen and oxygen atoms in total. The van der Waals surface area contributed by atoms with Gasteiger partial charge in [-0.15, -0.1) is 0 Å². The molecule has 0 fully saturated rings. The van der Waals surface area contributed by atoms with Crippen molar-refractivity contribution >= 4 is 5.91 Å². The average molecular weight is 256 g/mol. The molecule has 0 aliphatic rings. The van der Waals surface area contributed by atoms with Gasteiger partial charge < -0.3 is 10.4 Å². The van der Waals surface area contributed by atoms with E-state index in [2.05, 4.69) is 10.3 Å². The molecule has 0 aliphatic carbocycles. The predicted octanol–water partition coefficient (Wildman–Crippen LogP) is 1.95. The molecule has 19 heavy (non-hydrogen) atoms. The second-order valence-corrected chi connectivity index (χ2v) is 4.43. The van der Waals surface area contributed by atoms with Crippen LogP contribution in [0.5, 0.6) is 5.75 Å². The summed E-state index contributed by atoms with van der Waals surface area (Å²) >= 11 is 0. The monoisotopic (exact) mass is 256 g/mol. The highest BCUT2D eigenvalue weighted by Gasteiger charge is 2.04. The molecule has 98 valence electrons. The van der Waals surface area contributed by atoms with Crippen molar-refractivity contribution in [3.63, 3.8) is 0 Å². The zero-order valence-electron chi connectivity index (χ0n) is 10.8. The Morgan fingerprint density at radius 3 is 2.79 bits per heavy atom. The number of phenolic OH excluding ortho intramolecular Hbond substituents is 1. The zero-order valence-corrected chi connectivity index (χ0v) is 10.8. The van der Waals surface area contributed by atoms with Gasteiger partial charge in [0.25, 0.3) is 0 Å². The first-order valence-corrected chi connectivity index (χ1v) is 6.09. The zero-order chi connectivity index (χ0) is 13.7. The van der Waals surface area contributed by atoms with Gasteiger partial charge in [-0.25, -0.2) is 0 Å². The lowest BCUT2D eigenvalue weighted by atomic mass is 10.1. The third-order valence-electron chi connectivity index (χ3n) is 2.74. The molecule has 1 heterocycles. The number of amides is 1. The van der Waals surface area contributed by atoms with E-state index < -0.39 is 0 Å². The van der Waals surface area contributed by atoms with Crippen molar-refractivity contribution in [2.45, 2.75) is 19.9 Å². The molecule has 0 radical (unpaired) electrons. The molecule has 0 saturated heterocycles. The lowest BCUT2D eigenvalue weighted by Gasteiger charge is -2.06. The minimum atomic E-state index is -0.0776. The molecule has 1 aromatic carbocycles. The molecular formula is C15H16N2O2. The average Bonchev–Trinajstić information content (AvgIpc) is 2.38. The van der Waals surface area contributed by atoms with Crippen LogP contribution in [0.4, 0.5) is 0 Å². The molecule has 4 heteroatoms. The number of pyridine rings is 1. The second-order valence-electron chi connectivity index (χ2n) is 4.43. The van der Waals surface area contributed by atoms with Gasteiger partial charge in [0.05, 0.1) is 6.42 Å². The maximum atomic E-state index is 11.8. The molecule has 0 atom stereocenters. The van der Waals surface area contributed by atoms with Crippen LogP contribution in [0, 0.1) is 6.92 Å². The SMILES string of the molecule is Cc1ccc(CNC(=O)Cc2cccc(O)c2)cn1. The summed E-state index contributed by atoms with van der Waals surface area (Å²) in [5, 5.41) is 12.1. The number of aromatic hydroxyl groups is 1. The lowest BCUT2D eigenvalue weighted by molar-refractivity contribution is -0.120. The molecular weight excluding hydrogens is 240 g/mol. The van der Waals surface area contributed by atoms with Gasteiger partial charge in [-0.3, -0.25) is 9.78 Å². The second kappa shape index (κ2) is 6.00. The Labute approximate surface area is 112 Å². The highest BCUT2D eigenvalue weighted by molar-refractivity contribution is 5.78. The van der Waals surface area contributed by atoms with E-state index in [1.54, 1.807) is 24.4 Å². The third-order valence-corrected chi connectivity index (χ3v) is 2.74. The fraction of sp³-hybridized carbons (Fsp3) is 0.200. The number of nitrogens with one attached hydrogen (secondary N) is 1. The fourth-order valence-corrected chi connectivity index (χ4v) is 1.72.